The average Bonchev–Trinajstić information content (AvgIpc) is 2.38. The third kappa shape index (κ3) is 3.68. The van der Waals surface area contributed by atoms with E-state index in [1.807, 2.05) is 25.6 Å². The monoisotopic (exact) mass is 307 g/mol. The fraction of sp³-hybridized carbons (Fsp3) is 0.700. The van der Waals surface area contributed by atoms with Crippen LogP contribution in [-0.2, 0) is 24.4 Å². The molecule has 0 fully saturated rings. The van der Waals surface area contributed by atoms with Crippen LogP contribution in [0.2, 0.25) is 0 Å². The van der Waals surface area contributed by atoms with E-state index < -0.39 is 10.8 Å². The van der Waals surface area contributed by atoms with Crippen LogP contribution >= 0.6 is 15.9 Å². The lowest BCUT2D eigenvalue weighted by Gasteiger charge is -2.12. The molecule has 16 heavy (non-hydrogen) atoms. The number of nitrogens with one attached hydrogen (secondary N) is 1. The summed E-state index contributed by atoms with van der Waals surface area (Å²) in [4.78, 5) is 0. The van der Waals surface area contributed by atoms with Gasteiger partial charge in [-0.05, 0) is 29.8 Å². The van der Waals surface area contributed by atoms with Crippen LogP contribution in [-0.4, -0.2) is 32.0 Å². The first-order valence-corrected chi connectivity index (χ1v) is 7.65. The van der Waals surface area contributed by atoms with Crippen molar-refractivity contribution in [3.05, 3.63) is 15.9 Å². The lowest BCUT2D eigenvalue weighted by atomic mass is 10.3. The van der Waals surface area contributed by atoms with Crippen LogP contribution < -0.4 is 5.32 Å². The van der Waals surface area contributed by atoms with E-state index in [4.69, 9.17) is 0 Å². The standard InChI is InChI=1S/C10H18BrN3OS/c1-7(6-16(4)15)12-5-9-10(11)8(2)13-14(9)3/h7,12H,5-6H2,1-4H3. The first-order valence-electron chi connectivity index (χ1n) is 5.13. The molecule has 1 aromatic rings. The van der Waals surface area contributed by atoms with Gasteiger partial charge in [0.15, 0.2) is 0 Å². The van der Waals surface area contributed by atoms with Gasteiger partial charge in [-0.3, -0.25) is 8.89 Å². The second-order valence-electron chi connectivity index (χ2n) is 3.99. The number of hydrogen-bond acceptors (Lipinski definition) is 3. The van der Waals surface area contributed by atoms with Gasteiger partial charge in [-0.25, -0.2) is 0 Å². The molecule has 2 atom stereocenters. The minimum atomic E-state index is -0.756. The van der Waals surface area contributed by atoms with Crippen LogP contribution in [0.4, 0.5) is 0 Å². The minimum absolute atomic E-state index is 0.243. The fourth-order valence-electron chi connectivity index (χ4n) is 1.55. The summed E-state index contributed by atoms with van der Waals surface area (Å²) in [6.07, 6.45) is 1.72. The van der Waals surface area contributed by atoms with Gasteiger partial charge in [0.05, 0.1) is 15.9 Å². The van der Waals surface area contributed by atoms with Gasteiger partial charge in [0.2, 0.25) is 0 Å². The van der Waals surface area contributed by atoms with Crippen molar-refractivity contribution in [3.8, 4) is 0 Å². The molecule has 0 amide bonds. The first-order chi connectivity index (χ1) is 7.41. The Labute approximate surface area is 107 Å². The van der Waals surface area contributed by atoms with Crippen LogP contribution in [0.25, 0.3) is 0 Å². The molecule has 1 heterocycles. The number of aromatic nitrogens is 2. The summed E-state index contributed by atoms with van der Waals surface area (Å²) in [6.45, 7) is 4.74. The summed E-state index contributed by atoms with van der Waals surface area (Å²) < 4.78 is 14.0. The zero-order valence-electron chi connectivity index (χ0n) is 10.1. The van der Waals surface area contributed by atoms with Crippen molar-refractivity contribution in [1.29, 1.82) is 0 Å². The average molecular weight is 308 g/mol. The molecule has 0 saturated heterocycles. The van der Waals surface area contributed by atoms with Crippen LogP contribution in [0.3, 0.4) is 0 Å². The van der Waals surface area contributed by atoms with Crippen molar-refractivity contribution in [3.63, 3.8) is 0 Å². The highest BCUT2D eigenvalue weighted by Crippen LogP contribution is 2.19. The van der Waals surface area contributed by atoms with Crippen molar-refractivity contribution < 1.29 is 4.21 Å². The molecule has 0 saturated carbocycles. The Balaban J connectivity index is 2.57. The van der Waals surface area contributed by atoms with E-state index in [9.17, 15) is 4.21 Å². The second kappa shape index (κ2) is 5.93. The third-order valence-corrected chi connectivity index (χ3v) is 4.37. The summed E-state index contributed by atoms with van der Waals surface area (Å²) in [6, 6.07) is 0.243. The lowest BCUT2D eigenvalue weighted by molar-refractivity contribution is 0.558. The molecular formula is C10H18BrN3OS. The quantitative estimate of drug-likeness (QED) is 0.893. The maximum Gasteiger partial charge on any atom is 0.0739 e. The fourth-order valence-corrected chi connectivity index (χ4v) is 2.85. The Morgan fingerprint density at radius 3 is 2.69 bits per heavy atom. The zero-order valence-corrected chi connectivity index (χ0v) is 12.5. The van der Waals surface area contributed by atoms with Crippen LogP contribution in [0.15, 0.2) is 4.47 Å². The summed E-state index contributed by atoms with van der Waals surface area (Å²) >= 11 is 3.52. The van der Waals surface area contributed by atoms with Crippen molar-refractivity contribution >= 4 is 26.7 Å². The second-order valence-corrected chi connectivity index (χ2v) is 6.26. The highest BCUT2D eigenvalue weighted by Gasteiger charge is 2.11. The highest BCUT2D eigenvalue weighted by molar-refractivity contribution is 9.10. The van der Waals surface area contributed by atoms with Gasteiger partial charge in [0.25, 0.3) is 0 Å². The largest absolute Gasteiger partial charge is 0.308 e. The molecule has 1 aromatic heterocycles. The first kappa shape index (κ1) is 13.9. The summed E-state index contributed by atoms with van der Waals surface area (Å²) in [5, 5.41) is 7.66. The van der Waals surface area contributed by atoms with Gasteiger partial charge < -0.3 is 5.32 Å². The molecule has 1 rings (SSSR count). The SMILES string of the molecule is Cc1nn(C)c(CNC(C)CS(C)=O)c1Br. The van der Waals surface area contributed by atoms with E-state index in [0.717, 1.165) is 22.4 Å². The van der Waals surface area contributed by atoms with Gasteiger partial charge in [0.1, 0.15) is 0 Å². The van der Waals surface area contributed by atoms with E-state index in [0.29, 0.717) is 5.75 Å². The van der Waals surface area contributed by atoms with Crippen molar-refractivity contribution in [1.82, 2.24) is 15.1 Å². The molecule has 6 heteroatoms. The number of hydrogen-bond donors (Lipinski definition) is 1. The smallest absolute Gasteiger partial charge is 0.0739 e. The van der Waals surface area contributed by atoms with Crippen molar-refractivity contribution in [2.45, 2.75) is 26.4 Å². The normalized spacial score (nSPS) is 15.1. The van der Waals surface area contributed by atoms with E-state index in [1.165, 1.54) is 0 Å². The molecule has 0 aliphatic carbocycles. The predicted octanol–water partition coefficient (Wildman–Crippen LogP) is 1.35. The predicted molar refractivity (Wildman–Crippen MR) is 70.9 cm³/mol. The number of rotatable bonds is 5. The zero-order chi connectivity index (χ0) is 12.3. The summed E-state index contributed by atoms with van der Waals surface area (Å²) in [5.74, 6) is 0.675. The minimum Gasteiger partial charge on any atom is -0.308 e. The molecule has 92 valence electrons. The molecule has 0 spiro atoms. The van der Waals surface area contributed by atoms with Gasteiger partial charge >= 0.3 is 0 Å². The molecular weight excluding hydrogens is 290 g/mol. The molecule has 1 N–H and O–H groups in total. The van der Waals surface area contributed by atoms with Crippen molar-refractivity contribution in [2.24, 2.45) is 7.05 Å². The van der Waals surface area contributed by atoms with Crippen LogP contribution in [0.5, 0.6) is 0 Å². The molecule has 0 radical (unpaired) electrons. The number of halogens is 1. The summed E-state index contributed by atoms with van der Waals surface area (Å²) in [7, 11) is 1.17. The number of aryl methyl sites for hydroxylation is 2. The Kier molecular flexibility index (Phi) is 5.14. The Morgan fingerprint density at radius 1 is 1.62 bits per heavy atom. The maximum atomic E-state index is 11.0. The highest BCUT2D eigenvalue weighted by atomic mass is 79.9. The molecule has 0 aliphatic rings. The lowest BCUT2D eigenvalue weighted by Crippen LogP contribution is -2.31. The van der Waals surface area contributed by atoms with Crippen LogP contribution in [0.1, 0.15) is 18.3 Å². The van der Waals surface area contributed by atoms with E-state index in [-0.39, 0.29) is 6.04 Å². The van der Waals surface area contributed by atoms with E-state index in [1.54, 1.807) is 6.26 Å². The topological polar surface area (TPSA) is 46.9 Å². The van der Waals surface area contributed by atoms with Crippen molar-refractivity contribution in [2.75, 3.05) is 12.0 Å². The van der Waals surface area contributed by atoms with Crippen LogP contribution in [0, 0.1) is 6.92 Å². The summed E-state index contributed by atoms with van der Waals surface area (Å²) in [5.41, 5.74) is 2.11. The van der Waals surface area contributed by atoms with Gasteiger partial charge in [-0.1, -0.05) is 0 Å². The van der Waals surface area contributed by atoms with Gasteiger partial charge in [-0.15, -0.1) is 0 Å². The molecule has 0 bridgehead atoms. The van der Waals surface area contributed by atoms with E-state index in [2.05, 4.69) is 26.3 Å². The maximum absolute atomic E-state index is 11.0. The Bertz CT molecular complexity index is 392. The Morgan fingerprint density at radius 2 is 2.25 bits per heavy atom. The molecule has 2 unspecified atom stereocenters. The Hall–Kier alpha value is -0.200. The van der Waals surface area contributed by atoms with E-state index >= 15 is 0 Å². The molecule has 0 aliphatic heterocycles. The van der Waals surface area contributed by atoms with Gasteiger partial charge in [-0.2, -0.15) is 5.10 Å². The molecule has 0 aromatic carbocycles. The third-order valence-electron chi connectivity index (χ3n) is 2.36. The van der Waals surface area contributed by atoms with Gasteiger partial charge in [0, 0.05) is 42.4 Å². The number of nitrogens with zero attached hydrogens (tertiary/aromatic N) is 2. The molecule has 4 nitrogen and oxygen atoms in total.